The van der Waals surface area contributed by atoms with Gasteiger partial charge in [0.25, 0.3) is 0 Å². The highest BCUT2D eigenvalue weighted by Gasteiger charge is 2.38. The van der Waals surface area contributed by atoms with Crippen LogP contribution in [0.1, 0.15) is 66.4 Å². The molecule has 0 aromatic heterocycles. The van der Waals surface area contributed by atoms with Gasteiger partial charge in [0.2, 0.25) is 0 Å². The van der Waals surface area contributed by atoms with E-state index in [1.807, 2.05) is 0 Å². The molecule has 5 nitrogen and oxygen atoms in total. The lowest BCUT2D eigenvalue weighted by Gasteiger charge is -2.37. The van der Waals surface area contributed by atoms with Crippen molar-refractivity contribution in [2.75, 3.05) is 0 Å². The minimum atomic E-state index is -0.180. The molecule has 31 heavy (non-hydrogen) atoms. The highest BCUT2D eigenvalue weighted by molar-refractivity contribution is 5.76. The lowest BCUT2D eigenvalue weighted by atomic mass is 9.68. The monoisotopic (exact) mass is 419 g/mol. The first-order chi connectivity index (χ1) is 14.6. The van der Waals surface area contributed by atoms with Crippen molar-refractivity contribution in [2.24, 2.45) is 27.0 Å². The molecule has 0 fully saturated rings. The van der Waals surface area contributed by atoms with Crippen LogP contribution in [-0.2, 0) is 4.79 Å². The fourth-order valence-electron chi connectivity index (χ4n) is 3.11. The van der Waals surface area contributed by atoms with Gasteiger partial charge < -0.3 is 4.74 Å². The van der Waals surface area contributed by atoms with E-state index >= 15 is 0 Å². The fourth-order valence-corrected chi connectivity index (χ4v) is 3.11. The average molecular weight is 420 g/mol. The molecule has 2 aromatic carbocycles. The van der Waals surface area contributed by atoms with E-state index in [0.29, 0.717) is 22.7 Å². The second kappa shape index (κ2) is 10.3. The third-order valence-electron chi connectivity index (χ3n) is 6.19. The van der Waals surface area contributed by atoms with Gasteiger partial charge in [-0.15, -0.1) is 0 Å². The summed E-state index contributed by atoms with van der Waals surface area (Å²) in [6, 6.07) is 16.0. The first kappa shape index (κ1) is 24.3. The molecule has 0 saturated carbocycles. The zero-order chi connectivity index (χ0) is 23.1. The molecule has 0 N–H and O–H groups in total. The van der Waals surface area contributed by atoms with E-state index in [9.17, 15) is 4.79 Å². The molecule has 5 heteroatoms. The van der Waals surface area contributed by atoms with Crippen LogP contribution >= 0.6 is 0 Å². The average Bonchev–Trinajstić information content (AvgIpc) is 2.77. The van der Waals surface area contributed by atoms with E-state index in [0.717, 1.165) is 19.3 Å². The van der Waals surface area contributed by atoms with Crippen molar-refractivity contribution in [1.29, 1.82) is 5.26 Å². The summed E-state index contributed by atoms with van der Waals surface area (Å²) in [5.41, 5.74) is 1.83. The van der Waals surface area contributed by atoms with Crippen molar-refractivity contribution < 1.29 is 9.53 Å². The van der Waals surface area contributed by atoms with E-state index in [1.165, 1.54) is 0 Å². The summed E-state index contributed by atoms with van der Waals surface area (Å²) in [7, 11) is 0. The quantitative estimate of drug-likeness (QED) is 0.237. The van der Waals surface area contributed by atoms with Crippen LogP contribution in [0.5, 0.6) is 5.75 Å². The molecular weight excluding hydrogens is 386 g/mol. The topological polar surface area (TPSA) is 74.8 Å². The Hall–Kier alpha value is -3.00. The van der Waals surface area contributed by atoms with Crippen molar-refractivity contribution in [2.45, 2.75) is 60.8 Å². The van der Waals surface area contributed by atoms with E-state index in [1.54, 1.807) is 48.5 Å². The molecule has 1 atom stereocenters. The largest absolute Gasteiger partial charge is 0.426 e. The zero-order valence-corrected chi connectivity index (χ0v) is 19.5. The Morgan fingerprint density at radius 2 is 1.45 bits per heavy atom. The van der Waals surface area contributed by atoms with E-state index in [2.05, 4.69) is 57.8 Å². The maximum atomic E-state index is 13.1. The molecule has 164 valence electrons. The number of benzene rings is 2. The molecule has 0 radical (unpaired) electrons. The summed E-state index contributed by atoms with van der Waals surface area (Å²) in [5, 5.41) is 17.2. The van der Waals surface area contributed by atoms with Crippen LogP contribution in [0.15, 0.2) is 58.8 Å². The molecule has 2 aromatic rings. The third-order valence-corrected chi connectivity index (χ3v) is 6.19. The third kappa shape index (κ3) is 7.03. The molecule has 0 aliphatic rings. The van der Waals surface area contributed by atoms with Crippen LogP contribution in [0.2, 0.25) is 0 Å². The molecule has 0 saturated heterocycles. The Kier molecular flexibility index (Phi) is 8.10. The highest BCUT2D eigenvalue weighted by Crippen LogP contribution is 2.41. The number of hydrogen-bond acceptors (Lipinski definition) is 5. The first-order valence-electron chi connectivity index (χ1n) is 10.8. The Bertz CT molecular complexity index is 936. The van der Waals surface area contributed by atoms with Crippen LogP contribution in [0.4, 0.5) is 11.4 Å². The second-order valence-electron chi connectivity index (χ2n) is 9.39. The maximum absolute atomic E-state index is 13.1. The number of carbonyl (C=O) groups is 1. The number of esters is 1. The number of ether oxygens (including phenoxy) is 1. The van der Waals surface area contributed by atoms with Crippen molar-refractivity contribution in [3.63, 3.8) is 0 Å². The second-order valence-corrected chi connectivity index (χ2v) is 9.39. The van der Waals surface area contributed by atoms with E-state index < -0.39 is 0 Å². The molecule has 1 unspecified atom stereocenters. The number of azo groups is 1. The normalized spacial score (nSPS) is 13.1. The van der Waals surface area contributed by atoms with Gasteiger partial charge in [-0.3, -0.25) is 4.79 Å². The summed E-state index contributed by atoms with van der Waals surface area (Å²) in [5.74, 6) is 0.150. The van der Waals surface area contributed by atoms with Crippen LogP contribution < -0.4 is 4.74 Å². The predicted molar refractivity (Wildman–Crippen MR) is 124 cm³/mol. The van der Waals surface area contributed by atoms with Gasteiger partial charge in [-0.1, -0.05) is 54.4 Å². The van der Waals surface area contributed by atoms with Crippen molar-refractivity contribution in [1.82, 2.24) is 0 Å². The Morgan fingerprint density at radius 3 is 1.90 bits per heavy atom. The number of carbonyl (C=O) groups excluding carboxylic acids is 1. The van der Waals surface area contributed by atoms with E-state index in [4.69, 9.17) is 10.00 Å². The number of hydrogen-bond donors (Lipinski definition) is 0. The standard InChI is InChI=1S/C26H33N3O2/c1-7-25(3,4)17-23(26(5,6)8-2)24(30)31-22-15-13-21(14-16-22)29-28-20-11-9-19(18-27)10-12-20/h9-16,23H,7-8,17H2,1-6H3. The van der Waals surface area contributed by atoms with Crippen molar-refractivity contribution in [3.8, 4) is 11.8 Å². The van der Waals surface area contributed by atoms with Crippen LogP contribution in [0, 0.1) is 28.1 Å². The molecular formula is C26H33N3O2. The summed E-state index contributed by atoms with van der Waals surface area (Å²) in [6.45, 7) is 13.0. The minimum absolute atomic E-state index is 0.0752. The number of nitrogens with zero attached hydrogens (tertiary/aromatic N) is 3. The predicted octanol–water partition coefficient (Wildman–Crippen LogP) is 7.76. The maximum Gasteiger partial charge on any atom is 0.314 e. The van der Waals surface area contributed by atoms with Gasteiger partial charge in [-0.25, -0.2) is 0 Å². The van der Waals surface area contributed by atoms with Crippen LogP contribution in [-0.4, -0.2) is 5.97 Å². The number of nitriles is 1. The van der Waals surface area contributed by atoms with Crippen LogP contribution in [0.25, 0.3) is 0 Å². The van der Waals surface area contributed by atoms with Gasteiger partial charge >= 0.3 is 5.97 Å². The Labute approximate surface area is 186 Å². The molecule has 0 aliphatic carbocycles. The SMILES string of the molecule is CCC(C)(C)CC(C(=O)Oc1ccc(N=Nc2ccc(C#N)cc2)cc1)C(C)(C)CC. The van der Waals surface area contributed by atoms with Crippen molar-refractivity contribution in [3.05, 3.63) is 54.1 Å². The van der Waals surface area contributed by atoms with Gasteiger partial charge in [0, 0.05) is 0 Å². The highest BCUT2D eigenvalue weighted by atomic mass is 16.5. The Balaban J connectivity index is 2.09. The summed E-state index contributed by atoms with van der Waals surface area (Å²) < 4.78 is 5.76. The fraction of sp³-hybridized carbons (Fsp3) is 0.462. The molecule has 0 heterocycles. The molecule has 0 aliphatic heterocycles. The van der Waals surface area contributed by atoms with Crippen LogP contribution in [0.3, 0.4) is 0 Å². The molecule has 2 rings (SSSR count). The van der Waals surface area contributed by atoms with Gasteiger partial charge in [-0.2, -0.15) is 15.5 Å². The van der Waals surface area contributed by atoms with Gasteiger partial charge in [0.1, 0.15) is 5.75 Å². The van der Waals surface area contributed by atoms with Gasteiger partial charge in [0.05, 0.1) is 28.9 Å². The smallest absolute Gasteiger partial charge is 0.314 e. The van der Waals surface area contributed by atoms with E-state index in [-0.39, 0.29) is 22.7 Å². The van der Waals surface area contributed by atoms with Gasteiger partial charge in [-0.05, 0) is 65.8 Å². The molecule has 0 spiro atoms. The Morgan fingerprint density at radius 1 is 0.935 bits per heavy atom. The molecule has 0 amide bonds. The lowest BCUT2D eigenvalue weighted by molar-refractivity contribution is -0.144. The van der Waals surface area contributed by atoms with Crippen molar-refractivity contribution >= 4 is 17.3 Å². The molecule has 0 bridgehead atoms. The lowest BCUT2D eigenvalue weighted by Crippen LogP contribution is -2.37. The summed E-state index contributed by atoms with van der Waals surface area (Å²) in [6.07, 6.45) is 2.71. The summed E-state index contributed by atoms with van der Waals surface area (Å²) in [4.78, 5) is 13.1. The summed E-state index contributed by atoms with van der Waals surface area (Å²) >= 11 is 0. The zero-order valence-electron chi connectivity index (χ0n) is 19.5. The number of rotatable bonds is 9. The minimum Gasteiger partial charge on any atom is -0.426 e. The first-order valence-corrected chi connectivity index (χ1v) is 10.8. The van der Waals surface area contributed by atoms with Gasteiger partial charge in [0.15, 0.2) is 0 Å².